The van der Waals surface area contributed by atoms with Gasteiger partial charge in [0.2, 0.25) is 5.78 Å². The number of Topliss-reactive ketones (excluding diaryl/α,β-unsaturated/α-hetero) is 1. The molecular formula is C25H27NO3. The molecule has 0 amide bonds. The largest absolute Gasteiger partial charge is 0.477 e. The lowest BCUT2D eigenvalue weighted by Crippen LogP contribution is -2.41. The van der Waals surface area contributed by atoms with Crippen molar-refractivity contribution in [2.75, 3.05) is 6.73 Å². The van der Waals surface area contributed by atoms with Crippen LogP contribution in [-0.2, 0) is 6.54 Å². The van der Waals surface area contributed by atoms with Crippen molar-refractivity contribution in [2.45, 2.75) is 58.5 Å². The maximum Gasteiger partial charge on any atom is 0.231 e. The Bertz CT molecular complexity index is 984. The average molecular weight is 389 g/mol. The number of rotatable bonds is 2. The van der Waals surface area contributed by atoms with Crippen molar-refractivity contribution in [1.29, 1.82) is 0 Å². The summed E-state index contributed by atoms with van der Waals surface area (Å²) < 4.78 is 12.2. The summed E-state index contributed by atoms with van der Waals surface area (Å²) in [4.78, 5) is 15.5. The van der Waals surface area contributed by atoms with Crippen molar-refractivity contribution in [3.05, 3.63) is 63.9 Å². The van der Waals surface area contributed by atoms with Crippen LogP contribution in [0.4, 0.5) is 0 Å². The molecule has 150 valence electrons. The third-order valence-electron chi connectivity index (χ3n) is 6.43. The van der Waals surface area contributed by atoms with Gasteiger partial charge in [0.25, 0.3) is 0 Å². The zero-order valence-corrected chi connectivity index (χ0v) is 17.2. The van der Waals surface area contributed by atoms with Gasteiger partial charge in [-0.05, 0) is 44.4 Å². The minimum atomic E-state index is -0.0405. The van der Waals surface area contributed by atoms with Gasteiger partial charge in [-0.25, -0.2) is 0 Å². The van der Waals surface area contributed by atoms with Crippen LogP contribution in [0, 0.1) is 13.8 Å². The van der Waals surface area contributed by atoms with E-state index < -0.39 is 0 Å². The molecule has 1 fully saturated rings. The number of hydrogen-bond donors (Lipinski definition) is 0. The number of aryl methyl sites for hydroxylation is 1. The third-order valence-corrected chi connectivity index (χ3v) is 6.43. The highest BCUT2D eigenvalue weighted by Crippen LogP contribution is 2.43. The predicted molar refractivity (Wildman–Crippen MR) is 113 cm³/mol. The molecule has 4 nitrogen and oxygen atoms in total. The Morgan fingerprint density at radius 1 is 1.03 bits per heavy atom. The molecule has 2 heterocycles. The van der Waals surface area contributed by atoms with Crippen LogP contribution >= 0.6 is 0 Å². The molecule has 4 heteroatoms. The second kappa shape index (κ2) is 7.34. The van der Waals surface area contributed by atoms with Gasteiger partial charge in [-0.1, -0.05) is 49.1 Å². The molecule has 29 heavy (non-hydrogen) atoms. The number of hydrogen-bond acceptors (Lipinski definition) is 4. The molecule has 2 aromatic carbocycles. The van der Waals surface area contributed by atoms with Gasteiger partial charge >= 0.3 is 0 Å². The van der Waals surface area contributed by atoms with Gasteiger partial charge in [0, 0.05) is 23.7 Å². The van der Waals surface area contributed by atoms with Crippen LogP contribution in [0.15, 0.2) is 36.1 Å². The first-order chi connectivity index (χ1) is 14.1. The molecular weight excluding hydrogens is 362 g/mol. The van der Waals surface area contributed by atoms with Crippen LogP contribution < -0.4 is 9.47 Å². The fourth-order valence-electron chi connectivity index (χ4n) is 4.76. The van der Waals surface area contributed by atoms with Crippen molar-refractivity contribution in [3.63, 3.8) is 0 Å². The number of nitrogens with zero attached hydrogens (tertiary/aromatic N) is 1. The van der Waals surface area contributed by atoms with Crippen LogP contribution in [0.2, 0.25) is 0 Å². The fourth-order valence-corrected chi connectivity index (χ4v) is 4.76. The van der Waals surface area contributed by atoms with Crippen molar-refractivity contribution in [1.82, 2.24) is 4.90 Å². The molecule has 0 saturated heterocycles. The first-order valence-electron chi connectivity index (χ1n) is 10.6. The number of ketones is 1. The predicted octanol–water partition coefficient (Wildman–Crippen LogP) is 5.40. The van der Waals surface area contributed by atoms with E-state index in [-0.39, 0.29) is 5.78 Å². The molecule has 2 aromatic rings. The Hall–Kier alpha value is -2.59. The molecule has 3 aliphatic rings. The van der Waals surface area contributed by atoms with E-state index in [1.807, 2.05) is 43.3 Å². The maximum absolute atomic E-state index is 13.0. The Balaban J connectivity index is 1.44. The van der Waals surface area contributed by atoms with E-state index in [0.29, 0.717) is 29.8 Å². The van der Waals surface area contributed by atoms with Crippen LogP contribution in [0.1, 0.15) is 64.7 Å². The molecule has 5 rings (SSSR count). The van der Waals surface area contributed by atoms with Crippen molar-refractivity contribution in [3.8, 4) is 11.5 Å². The lowest BCUT2D eigenvalue weighted by atomic mass is 9.93. The quantitative estimate of drug-likeness (QED) is 0.644. The summed E-state index contributed by atoms with van der Waals surface area (Å²) in [6.45, 7) is 5.51. The van der Waals surface area contributed by atoms with E-state index in [1.165, 1.54) is 37.7 Å². The molecule has 0 aromatic heterocycles. The monoisotopic (exact) mass is 389 g/mol. The Labute approximate surface area is 172 Å². The maximum atomic E-state index is 13.0. The van der Waals surface area contributed by atoms with Crippen LogP contribution in [0.3, 0.4) is 0 Å². The van der Waals surface area contributed by atoms with E-state index in [4.69, 9.17) is 9.47 Å². The molecule has 0 radical (unpaired) electrons. The van der Waals surface area contributed by atoms with E-state index in [0.717, 1.165) is 29.0 Å². The van der Waals surface area contributed by atoms with Crippen molar-refractivity contribution < 1.29 is 14.3 Å². The van der Waals surface area contributed by atoms with Crippen LogP contribution in [0.25, 0.3) is 6.08 Å². The summed E-state index contributed by atoms with van der Waals surface area (Å²) in [5.74, 6) is 1.89. The van der Waals surface area contributed by atoms with E-state index in [9.17, 15) is 4.79 Å². The van der Waals surface area contributed by atoms with Crippen LogP contribution in [-0.4, -0.2) is 23.5 Å². The molecule has 0 spiro atoms. The van der Waals surface area contributed by atoms with Crippen molar-refractivity contribution in [2.24, 2.45) is 0 Å². The summed E-state index contributed by atoms with van der Waals surface area (Å²) >= 11 is 0. The molecule has 1 saturated carbocycles. The van der Waals surface area contributed by atoms with E-state index in [2.05, 4.69) is 11.8 Å². The normalized spacial score (nSPS) is 20.9. The first kappa shape index (κ1) is 18.4. The third kappa shape index (κ3) is 3.36. The highest BCUT2D eigenvalue weighted by molar-refractivity contribution is 6.15. The highest BCUT2D eigenvalue weighted by atomic mass is 16.5. The summed E-state index contributed by atoms with van der Waals surface area (Å²) in [5.41, 5.74) is 4.85. The number of ether oxygens (including phenoxy) is 2. The molecule has 0 N–H and O–H groups in total. The number of carbonyl (C=O) groups is 1. The Morgan fingerprint density at radius 2 is 1.79 bits per heavy atom. The van der Waals surface area contributed by atoms with Gasteiger partial charge in [0.15, 0.2) is 5.76 Å². The Morgan fingerprint density at radius 3 is 2.55 bits per heavy atom. The number of fused-ring (bicyclic) bond motifs is 2. The number of carbonyl (C=O) groups excluding carboxylic acids is 1. The Kier molecular flexibility index (Phi) is 4.67. The second-order valence-electron chi connectivity index (χ2n) is 8.53. The van der Waals surface area contributed by atoms with E-state index >= 15 is 0 Å². The summed E-state index contributed by atoms with van der Waals surface area (Å²) in [7, 11) is 0. The molecule has 2 aliphatic heterocycles. The summed E-state index contributed by atoms with van der Waals surface area (Å²) in [6.07, 6.45) is 8.27. The van der Waals surface area contributed by atoms with Gasteiger partial charge in [-0.2, -0.15) is 0 Å². The smallest absolute Gasteiger partial charge is 0.231 e. The topological polar surface area (TPSA) is 38.8 Å². The van der Waals surface area contributed by atoms with Gasteiger partial charge in [-0.3, -0.25) is 9.69 Å². The molecule has 0 atom stereocenters. The number of allylic oxidation sites excluding steroid dienone is 1. The van der Waals surface area contributed by atoms with Gasteiger partial charge in [0.05, 0.1) is 5.56 Å². The van der Waals surface area contributed by atoms with Gasteiger partial charge in [0.1, 0.15) is 18.2 Å². The SMILES string of the molecule is Cc1ccc(/C=C2\Oc3c(cc4c(c3C)OCN(C3CCCCC3)C4)C2=O)cc1. The second-order valence-corrected chi connectivity index (χ2v) is 8.53. The molecule has 0 bridgehead atoms. The van der Waals surface area contributed by atoms with Gasteiger partial charge < -0.3 is 9.47 Å². The zero-order chi connectivity index (χ0) is 20.0. The number of benzene rings is 2. The van der Waals surface area contributed by atoms with E-state index in [1.54, 1.807) is 0 Å². The lowest BCUT2D eigenvalue weighted by Gasteiger charge is -2.37. The lowest BCUT2D eigenvalue weighted by molar-refractivity contribution is 0.0397. The molecule has 1 aliphatic carbocycles. The highest BCUT2D eigenvalue weighted by Gasteiger charge is 2.34. The van der Waals surface area contributed by atoms with Crippen LogP contribution in [0.5, 0.6) is 11.5 Å². The minimum Gasteiger partial charge on any atom is -0.477 e. The average Bonchev–Trinajstić information content (AvgIpc) is 3.06. The first-order valence-corrected chi connectivity index (χ1v) is 10.6. The fraction of sp³-hybridized carbons (Fsp3) is 0.400. The van der Waals surface area contributed by atoms with Gasteiger partial charge in [-0.15, -0.1) is 0 Å². The zero-order valence-electron chi connectivity index (χ0n) is 17.2. The van der Waals surface area contributed by atoms with Crippen molar-refractivity contribution >= 4 is 11.9 Å². The summed E-state index contributed by atoms with van der Waals surface area (Å²) in [5, 5.41) is 0. The standard InChI is InChI=1S/C25H27NO3/c1-16-8-10-18(11-9-16)12-22-23(27)21-13-19-14-26(20-6-4-3-5-7-20)15-28-24(19)17(2)25(21)29-22/h8-13,20H,3-7,14-15H2,1-2H3/b22-12-. The molecule has 0 unspecified atom stereocenters. The summed E-state index contributed by atoms with van der Waals surface area (Å²) in [6, 6.07) is 10.7. The minimum absolute atomic E-state index is 0.0405.